The highest BCUT2D eigenvalue weighted by Gasteiger charge is 2.35. The zero-order valence-electron chi connectivity index (χ0n) is 17.0. The molecule has 2 aliphatic heterocycles. The second-order valence-electron chi connectivity index (χ2n) is 8.27. The first-order valence-electron chi connectivity index (χ1n) is 10.5. The Morgan fingerprint density at radius 1 is 1.03 bits per heavy atom. The Bertz CT molecular complexity index is 1220. The average molecular weight is 450 g/mol. The molecule has 3 aromatic rings. The monoisotopic (exact) mass is 449 g/mol. The number of amides is 1. The van der Waals surface area contributed by atoms with Gasteiger partial charge in [-0.2, -0.15) is 0 Å². The maximum absolute atomic E-state index is 12.5. The number of nitrogens with zero attached hydrogens (tertiary/aromatic N) is 2. The number of aromatic nitrogens is 1. The van der Waals surface area contributed by atoms with Gasteiger partial charge < -0.3 is 14.8 Å². The van der Waals surface area contributed by atoms with Crippen LogP contribution in [0.3, 0.4) is 0 Å². The molecule has 0 radical (unpaired) electrons. The van der Waals surface area contributed by atoms with Gasteiger partial charge >= 0.3 is 0 Å². The Labute approximate surface area is 190 Å². The van der Waals surface area contributed by atoms with E-state index in [9.17, 15) is 9.59 Å². The number of nitrogens with one attached hydrogen (secondary N) is 1. The van der Waals surface area contributed by atoms with E-state index in [1.54, 1.807) is 6.07 Å². The minimum atomic E-state index is -0.0586. The van der Waals surface area contributed by atoms with E-state index < -0.39 is 0 Å². The topological polar surface area (TPSA) is 54.3 Å². The highest BCUT2D eigenvalue weighted by Crippen LogP contribution is 2.36. The van der Waals surface area contributed by atoms with Crippen molar-refractivity contribution in [2.75, 3.05) is 24.2 Å². The largest absolute Gasteiger partial charge is 0.356 e. The first-order chi connectivity index (χ1) is 15.1. The molecule has 2 aliphatic rings. The van der Waals surface area contributed by atoms with Crippen molar-refractivity contribution in [3.05, 3.63) is 76.7 Å². The third-order valence-electron chi connectivity index (χ3n) is 6.10. The molecule has 1 fully saturated rings. The maximum atomic E-state index is 12.5. The van der Waals surface area contributed by atoms with Crippen LogP contribution in [0.4, 0.5) is 5.69 Å². The van der Waals surface area contributed by atoms with Crippen LogP contribution in [0.2, 0.25) is 0 Å². The number of hydrogen-bond donors (Lipinski definition) is 1. The van der Waals surface area contributed by atoms with Gasteiger partial charge in [0.2, 0.25) is 5.91 Å². The molecule has 5 rings (SSSR count). The Morgan fingerprint density at radius 2 is 1.87 bits per heavy atom. The SMILES string of the molecule is O=C(CSC(=S)N1C[C@H]2C[C@H](C1)c1cccc(=O)n1C2)Nc1ccc2ccccc2c1. The van der Waals surface area contributed by atoms with Crippen molar-refractivity contribution in [3.63, 3.8) is 0 Å². The van der Waals surface area contributed by atoms with Gasteiger partial charge in [-0.1, -0.05) is 60.4 Å². The number of anilines is 1. The number of hydrogen-bond acceptors (Lipinski definition) is 4. The second kappa shape index (κ2) is 8.48. The molecular formula is C24H23N3O2S2. The molecule has 1 aromatic heterocycles. The van der Waals surface area contributed by atoms with Crippen molar-refractivity contribution in [1.29, 1.82) is 0 Å². The number of carbonyl (C=O) groups excluding carboxylic acids is 1. The van der Waals surface area contributed by atoms with Crippen LogP contribution in [0.15, 0.2) is 65.5 Å². The molecule has 2 aromatic carbocycles. The molecule has 2 atom stereocenters. The minimum absolute atomic E-state index is 0.0586. The summed E-state index contributed by atoms with van der Waals surface area (Å²) < 4.78 is 2.68. The molecule has 7 heteroatoms. The summed E-state index contributed by atoms with van der Waals surface area (Å²) in [6, 6.07) is 19.5. The van der Waals surface area contributed by atoms with Crippen LogP contribution >= 0.6 is 24.0 Å². The number of thiocarbonyl (C=S) groups is 1. The van der Waals surface area contributed by atoms with E-state index in [0.29, 0.717) is 11.8 Å². The lowest BCUT2D eigenvalue weighted by atomic mass is 9.83. The van der Waals surface area contributed by atoms with Crippen molar-refractivity contribution in [2.45, 2.75) is 18.9 Å². The molecule has 1 N–H and O–H groups in total. The van der Waals surface area contributed by atoms with E-state index in [1.165, 1.54) is 11.8 Å². The van der Waals surface area contributed by atoms with Gasteiger partial charge in [0.15, 0.2) is 0 Å². The van der Waals surface area contributed by atoms with Crippen molar-refractivity contribution in [1.82, 2.24) is 9.47 Å². The number of piperidine rings is 1. The first kappa shape index (κ1) is 20.3. The standard InChI is InChI=1S/C24H23N3O2S2/c28-22(25-20-9-8-17-4-1-2-5-18(17)11-20)15-31-24(30)26-12-16-10-19(14-26)21-6-3-7-23(29)27(21)13-16/h1-9,11,16,19H,10,12-15H2,(H,25,28)/t16-,19-/m1/s1. The molecule has 1 saturated heterocycles. The summed E-state index contributed by atoms with van der Waals surface area (Å²) in [5.41, 5.74) is 1.99. The average Bonchev–Trinajstić information content (AvgIpc) is 2.78. The minimum Gasteiger partial charge on any atom is -0.356 e. The van der Waals surface area contributed by atoms with Crippen LogP contribution in [0.5, 0.6) is 0 Å². The predicted octanol–water partition coefficient (Wildman–Crippen LogP) is 4.08. The van der Waals surface area contributed by atoms with Gasteiger partial charge in [-0.3, -0.25) is 9.59 Å². The van der Waals surface area contributed by atoms with E-state index in [0.717, 1.165) is 52.5 Å². The highest BCUT2D eigenvalue weighted by atomic mass is 32.2. The Balaban J connectivity index is 1.19. The number of fused-ring (bicyclic) bond motifs is 5. The zero-order valence-corrected chi connectivity index (χ0v) is 18.6. The lowest BCUT2D eigenvalue weighted by molar-refractivity contribution is -0.113. The molecule has 1 amide bonds. The van der Waals surface area contributed by atoms with Crippen LogP contribution in [0.1, 0.15) is 18.0 Å². The molecule has 3 heterocycles. The van der Waals surface area contributed by atoms with Crippen molar-refractivity contribution >= 4 is 50.7 Å². The molecule has 31 heavy (non-hydrogen) atoms. The van der Waals surface area contributed by atoms with Crippen molar-refractivity contribution in [2.24, 2.45) is 5.92 Å². The van der Waals surface area contributed by atoms with Gasteiger partial charge in [0.05, 0.1) is 5.75 Å². The summed E-state index contributed by atoms with van der Waals surface area (Å²) in [7, 11) is 0. The molecule has 158 valence electrons. The van der Waals surface area contributed by atoms with Gasteiger partial charge in [-0.25, -0.2) is 0 Å². The molecule has 0 spiro atoms. The van der Waals surface area contributed by atoms with Gasteiger partial charge in [-0.05, 0) is 41.3 Å². The Morgan fingerprint density at radius 3 is 2.74 bits per heavy atom. The lowest BCUT2D eigenvalue weighted by Crippen LogP contribution is -2.48. The van der Waals surface area contributed by atoms with E-state index in [4.69, 9.17) is 12.2 Å². The smallest absolute Gasteiger partial charge is 0.250 e. The van der Waals surface area contributed by atoms with Gasteiger partial charge in [0, 0.05) is 43.0 Å². The fourth-order valence-electron chi connectivity index (χ4n) is 4.73. The summed E-state index contributed by atoms with van der Waals surface area (Å²) in [5, 5.41) is 5.22. The summed E-state index contributed by atoms with van der Waals surface area (Å²) in [4.78, 5) is 26.9. The fraction of sp³-hybridized carbons (Fsp3) is 0.292. The number of benzene rings is 2. The van der Waals surface area contributed by atoms with Gasteiger partial charge in [-0.15, -0.1) is 0 Å². The van der Waals surface area contributed by atoms with E-state index in [-0.39, 0.29) is 17.2 Å². The van der Waals surface area contributed by atoms with Crippen LogP contribution in [0, 0.1) is 5.92 Å². The van der Waals surface area contributed by atoms with Crippen LogP contribution in [-0.4, -0.2) is 38.5 Å². The molecule has 0 aliphatic carbocycles. The third kappa shape index (κ3) is 4.25. The molecule has 5 nitrogen and oxygen atoms in total. The zero-order chi connectivity index (χ0) is 21.4. The summed E-state index contributed by atoms with van der Waals surface area (Å²) in [5.74, 6) is 0.951. The molecule has 0 saturated carbocycles. The quantitative estimate of drug-likeness (QED) is 0.611. The third-order valence-corrected chi connectivity index (χ3v) is 7.62. The summed E-state index contributed by atoms with van der Waals surface area (Å²) in [6.45, 7) is 2.39. The normalized spacial score (nSPS) is 19.7. The van der Waals surface area contributed by atoms with Crippen LogP contribution in [0.25, 0.3) is 10.8 Å². The molecule has 0 unspecified atom stereocenters. The van der Waals surface area contributed by atoms with E-state index in [2.05, 4.69) is 22.3 Å². The molecule has 2 bridgehead atoms. The number of thioether (sulfide) groups is 1. The maximum Gasteiger partial charge on any atom is 0.250 e. The first-order valence-corrected chi connectivity index (χ1v) is 11.9. The predicted molar refractivity (Wildman–Crippen MR) is 131 cm³/mol. The van der Waals surface area contributed by atoms with Crippen LogP contribution in [-0.2, 0) is 11.3 Å². The summed E-state index contributed by atoms with van der Waals surface area (Å²) >= 11 is 7.08. The number of pyridine rings is 1. The van der Waals surface area contributed by atoms with E-state index in [1.807, 2.05) is 47.0 Å². The van der Waals surface area contributed by atoms with Crippen LogP contribution < -0.4 is 10.9 Å². The van der Waals surface area contributed by atoms with Crippen molar-refractivity contribution < 1.29 is 4.79 Å². The highest BCUT2D eigenvalue weighted by molar-refractivity contribution is 8.23. The van der Waals surface area contributed by atoms with Crippen molar-refractivity contribution in [3.8, 4) is 0 Å². The lowest BCUT2D eigenvalue weighted by Gasteiger charge is -2.43. The number of carbonyl (C=O) groups is 1. The van der Waals surface area contributed by atoms with E-state index >= 15 is 0 Å². The number of likely N-dealkylation sites (tertiary alicyclic amines) is 1. The second-order valence-corrected chi connectivity index (χ2v) is 9.88. The van der Waals surface area contributed by atoms with Gasteiger partial charge in [0.1, 0.15) is 4.32 Å². The fourth-order valence-corrected chi connectivity index (χ4v) is 5.71. The summed E-state index contributed by atoms with van der Waals surface area (Å²) in [6.07, 6.45) is 1.09. The van der Waals surface area contributed by atoms with Gasteiger partial charge in [0.25, 0.3) is 5.56 Å². The number of rotatable bonds is 3. The molecular weight excluding hydrogens is 426 g/mol. The Hall–Kier alpha value is -2.64. The Kier molecular flexibility index (Phi) is 5.54.